The fourth-order valence-corrected chi connectivity index (χ4v) is 19.3. The molecule has 16 rings (SSSR count). The van der Waals surface area contributed by atoms with E-state index in [9.17, 15) is 47.9 Å². The molecular weight excluding hydrogens is 1170 g/mol. The molecule has 21 nitrogen and oxygen atoms in total. The van der Waals surface area contributed by atoms with Crippen molar-refractivity contribution in [3.8, 4) is 0 Å². The van der Waals surface area contributed by atoms with Crippen molar-refractivity contribution in [2.45, 2.75) is 257 Å². The van der Waals surface area contributed by atoms with Crippen LogP contribution >= 0.6 is 11.8 Å². The van der Waals surface area contributed by atoms with Gasteiger partial charge in [0, 0.05) is 40.8 Å². The number of thioether (sulfide) groups is 1. The van der Waals surface area contributed by atoms with Gasteiger partial charge < -0.3 is 52.1 Å². The third kappa shape index (κ3) is 11.4. The minimum Gasteiger partial charge on any atom is -0.458 e. The van der Waals surface area contributed by atoms with E-state index in [0.29, 0.717) is 12.3 Å². The summed E-state index contributed by atoms with van der Waals surface area (Å²) in [6, 6.07) is 0. The summed E-state index contributed by atoms with van der Waals surface area (Å²) >= 11 is 1.76. The third-order valence-corrected chi connectivity index (χ3v) is 25.7. The average molecular weight is 1270 g/mol. The summed E-state index contributed by atoms with van der Waals surface area (Å²) in [6.45, 7) is 25.5. The van der Waals surface area contributed by atoms with E-state index in [-0.39, 0.29) is 225 Å². The summed E-state index contributed by atoms with van der Waals surface area (Å²) in [4.78, 5) is 118. The first-order valence-corrected chi connectivity index (χ1v) is 34.5. The van der Waals surface area contributed by atoms with E-state index in [4.69, 9.17) is 52.1 Å². The summed E-state index contributed by atoms with van der Waals surface area (Å²) in [5.41, 5.74) is -0.560. The second kappa shape index (κ2) is 25.1. The highest BCUT2D eigenvalue weighted by atomic mass is 32.2. The molecular formula is C67H94O21S. The predicted molar refractivity (Wildman–Crippen MR) is 314 cm³/mol. The maximum Gasteiger partial charge on any atom is 0.312 e. The Balaban J connectivity index is 0.000000115. The molecule has 16 fully saturated rings. The summed E-state index contributed by atoms with van der Waals surface area (Å²) in [5.74, 6) is -0.112. The van der Waals surface area contributed by atoms with Gasteiger partial charge >= 0.3 is 59.7 Å². The molecule has 0 spiro atoms. The topological polar surface area (TPSA) is 272 Å². The van der Waals surface area contributed by atoms with Crippen molar-refractivity contribution in [2.75, 3.05) is 0 Å². The molecule has 494 valence electrons. The van der Waals surface area contributed by atoms with Crippen LogP contribution in [0.2, 0.25) is 0 Å². The van der Waals surface area contributed by atoms with Crippen LogP contribution in [0.3, 0.4) is 0 Å². The lowest BCUT2D eigenvalue weighted by Gasteiger charge is -2.44. The van der Waals surface area contributed by atoms with Crippen LogP contribution in [0.1, 0.15) is 173 Å². The molecule has 30 unspecified atom stereocenters. The lowest BCUT2D eigenvalue weighted by Crippen LogP contribution is -2.50. The molecule has 0 aromatic heterocycles. The van der Waals surface area contributed by atoms with Crippen molar-refractivity contribution < 1.29 is 100 Å². The lowest BCUT2D eigenvalue weighted by molar-refractivity contribution is -0.183. The number of hydrogen-bond acceptors (Lipinski definition) is 22. The Hall–Kier alpha value is -4.99. The van der Waals surface area contributed by atoms with Gasteiger partial charge in [0.2, 0.25) is 0 Å². The number of rotatable bonds is 15. The quantitative estimate of drug-likeness (QED) is 0.111. The number of esters is 10. The first-order valence-electron chi connectivity index (χ1n) is 33.6. The zero-order valence-electron chi connectivity index (χ0n) is 53.9. The van der Waals surface area contributed by atoms with Crippen molar-refractivity contribution in [3.63, 3.8) is 0 Å². The van der Waals surface area contributed by atoms with Crippen LogP contribution in [-0.2, 0) is 100 Å². The predicted octanol–water partition coefficient (Wildman–Crippen LogP) is 8.02. The van der Waals surface area contributed by atoms with E-state index >= 15 is 0 Å². The summed E-state index contributed by atoms with van der Waals surface area (Å²) in [6.07, 6.45) is 8.31. The van der Waals surface area contributed by atoms with E-state index in [1.54, 1.807) is 11.8 Å². The van der Waals surface area contributed by atoms with Crippen molar-refractivity contribution >= 4 is 71.5 Å². The molecule has 0 radical (unpaired) electrons. The number of ether oxygens (including phenoxy) is 11. The van der Waals surface area contributed by atoms with E-state index in [2.05, 4.69) is 13.8 Å². The normalized spacial score (nSPS) is 43.8. The van der Waals surface area contributed by atoms with E-state index in [1.165, 1.54) is 0 Å². The average Bonchev–Trinajstić information content (AvgIpc) is 1.55. The van der Waals surface area contributed by atoms with Crippen molar-refractivity contribution in [1.29, 1.82) is 0 Å². The van der Waals surface area contributed by atoms with E-state index in [0.717, 1.165) is 77.0 Å². The van der Waals surface area contributed by atoms with Gasteiger partial charge in [0.25, 0.3) is 0 Å². The Morgan fingerprint density at radius 3 is 1.58 bits per heavy atom. The van der Waals surface area contributed by atoms with Crippen molar-refractivity contribution in [2.24, 2.45) is 100 Å². The summed E-state index contributed by atoms with van der Waals surface area (Å²) in [7, 11) is 0. The molecule has 22 heteroatoms. The highest BCUT2D eigenvalue weighted by Crippen LogP contribution is 2.66. The second-order valence-electron chi connectivity index (χ2n) is 29.3. The molecule has 7 saturated carbocycles. The van der Waals surface area contributed by atoms with Crippen molar-refractivity contribution in [3.05, 3.63) is 0 Å². The highest BCUT2D eigenvalue weighted by Gasteiger charge is 2.73. The first kappa shape index (κ1) is 65.5. The maximum atomic E-state index is 12.0. The minimum absolute atomic E-state index is 0.0297. The molecule has 9 saturated heterocycles. The Kier molecular flexibility index (Phi) is 18.5. The number of carbonyl (C=O) groups excluding carboxylic acids is 10. The Morgan fingerprint density at radius 1 is 0.472 bits per heavy atom. The minimum atomic E-state index is -0.589. The Bertz CT molecular complexity index is 2730. The molecule has 9 aliphatic heterocycles. The van der Waals surface area contributed by atoms with E-state index < -0.39 is 11.7 Å². The Labute approximate surface area is 526 Å². The zero-order chi connectivity index (χ0) is 64.2. The van der Waals surface area contributed by atoms with Gasteiger partial charge in [-0.1, -0.05) is 83.1 Å². The largest absolute Gasteiger partial charge is 0.458 e. The zero-order valence-corrected chi connectivity index (χ0v) is 54.7. The highest BCUT2D eigenvalue weighted by molar-refractivity contribution is 8.01. The van der Waals surface area contributed by atoms with Crippen LogP contribution in [0.15, 0.2) is 0 Å². The molecule has 89 heavy (non-hydrogen) atoms. The molecule has 12 bridgehead atoms. The molecule has 0 aromatic rings. The number of fused-ring (bicyclic) bond motifs is 5. The SMILES string of the molecule is CCC(C)C(=O)OC1(C)C2CC3C(=O)OC1C3C2.CCC(C)C(=O)OC1C2CC3C(=O)OC1C3O2.CCC(C)C(=O)OC1C2CC3C(=O)OC1C3S2.CCC(C)C(=O)OC1C2CCC3C(C2)C(=O)OC31.CCC(C)C(=O)OC1C2OC(=O)C3CC1C(C)(C)C32. The van der Waals surface area contributed by atoms with Crippen LogP contribution in [0.5, 0.6) is 0 Å². The van der Waals surface area contributed by atoms with Gasteiger partial charge in [-0.25, -0.2) is 0 Å². The van der Waals surface area contributed by atoms with Crippen LogP contribution in [0.25, 0.3) is 0 Å². The van der Waals surface area contributed by atoms with Crippen LogP contribution < -0.4 is 0 Å². The van der Waals surface area contributed by atoms with Crippen LogP contribution in [0.4, 0.5) is 0 Å². The van der Waals surface area contributed by atoms with Crippen LogP contribution in [0, 0.1) is 100 Å². The van der Waals surface area contributed by atoms with Gasteiger partial charge in [0.05, 0.1) is 70.5 Å². The number of hydrogen-bond donors (Lipinski definition) is 0. The maximum absolute atomic E-state index is 12.0. The van der Waals surface area contributed by atoms with Gasteiger partial charge in [0.1, 0.15) is 42.2 Å². The van der Waals surface area contributed by atoms with Gasteiger partial charge in [-0.15, -0.1) is 11.8 Å². The smallest absolute Gasteiger partial charge is 0.312 e. The fraction of sp³-hybridized carbons (Fsp3) is 0.851. The molecule has 0 N–H and O–H groups in total. The molecule has 16 aliphatic rings. The molecule has 7 aliphatic carbocycles. The molecule has 9 heterocycles. The van der Waals surface area contributed by atoms with Gasteiger partial charge in [-0.05, 0) is 95.8 Å². The molecule has 0 aromatic carbocycles. The number of carbonyl (C=O) groups is 10. The Morgan fingerprint density at radius 2 is 0.966 bits per heavy atom. The monoisotopic (exact) mass is 1270 g/mol. The molecule has 30 atom stereocenters. The second-order valence-corrected chi connectivity index (χ2v) is 30.7. The first-order chi connectivity index (χ1) is 42.2. The van der Waals surface area contributed by atoms with Crippen molar-refractivity contribution in [1.82, 2.24) is 0 Å². The summed E-state index contributed by atoms with van der Waals surface area (Å²) < 4.78 is 60.6. The van der Waals surface area contributed by atoms with Gasteiger partial charge in [-0.3, -0.25) is 47.9 Å². The van der Waals surface area contributed by atoms with Gasteiger partial charge in [-0.2, -0.15) is 0 Å². The fourth-order valence-electron chi connectivity index (χ4n) is 17.4. The molecule has 0 amide bonds. The standard InChI is InChI=1S/C15H22O4.2C14H20O4.C12H16O5.C12H16O4S/c1-5-7(2)13(16)18-11-9-6-8-10(15(9,3)4)12(11)19-14(8)17;1-4-7(2)12(15)18-14(3)8-5-9-10(6-8)13(16)17-11(9)14;1-3-7(2)13(15)17-11-8-4-5-9-10(6-8)14(16)18-12(9)11;1-3-5(2)11(13)16-9-7-4-6-8(15-7)10(9)17-12(6)14;1-3-5(2)11(13)15-8-7-4-6-10(17-7)9(8)16-12(6)14/h7-12H,5-6H2,1-4H3;7-11H,4-6H2,1-3H3;7-12H,3-6H2,1-2H3;2*5-10H,3-4H2,1-2H3. The summed E-state index contributed by atoms with van der Waals surface area (Å²) in [5, 5.41) is 0.483. The third-order valence-electron chi connectivity index (χ3n) is 24.0. The van der Waals surface area contributed by atoms with E-state index in [1.807, 2.05) is 76.2 Å². The lowest BCUT2D eigenvalue weighted by atomic mass is 9.63. The van der Waals surface area contributed by atoms with Gasteiger partial charge in [0.15, 0.2) is 24.4 Å². The van der Waals surface area contributed by atoms with Crippen LogP contribution in [-0.4, -0.2) is 143 Å².